The molecule has 4 rings (SSSR count). The number of amides is 1. The highest BCUT2D eigenvalue weighted by molar-refractivity contribution is 5.94. The van der Waals surface area contributed by atoms with E-state index in [1.807, 2.05) is 30.4 Å². The van der Waals surface area contributed by atoms with Gasteiger partial charge in [0.15, 0.2) is 5.65 Å². The zero-order valence-electron chi connectivity index (χ0n) is 14.3. The van der Waals surface area contributed by atoms with Gasteiger partial charge in [-0.3, -0.25) is 10.1 Å². The lowest BCUT2D eigenvalue weighted by atomic mass is 9.86. The Balaban J connectivity index is 1.61. The van der Waals surface area contributed by atoms with E-state index in [0.717, 1.165) is 11.5 Å². The summed E-state index contributed by atoms with van der Waals surface area (Å²) in [7, 11) is 1.62. The summed E-state index contributed by atoms with van der Waals surface area (Å²) in [5, 5.41) is 6.70. The number of fused-ring (bicyclic) bond motifs is 1. The van der Waals surface area contributed by atoms with Crippen molar-refractivity contribution in [1.29, 1.82) is 0 Å². The minimum absolute atomic E-state index is 0.0331. The fourth-order valence-electron chi connectivity index (χ4n) is 3.22. The molecule has 3 unspecified atom stereocenters. The molecule has 0 aromatic carbocycles. The molecule has 0 bridgehead atoms. The lowest BCUT2D eigenvalue weighted by Gasteiger charge is -2.23. The van der Waals surface area contributed by atoms with Crippen LogP contribution in [-0.2, 0) is 9.53 Å². The van der Waals surface area contributed by atoms with Gasteiger partial charge in [0.05, 0.1) is 12.8 Å². The number of carbonyl (C=O) groups is 1. The van der Waals surface area contributed by atoms with E-state index in [4.69, 9.17) is 4.74 Å². The summed E-state index contributed by atoms with van der Waals surface area (Å²) in [6.45, 7) is 2.07. The Morgan fingerprint density at radius 1 is 1.42 bits per heavy atom. The molecule has 0 spiro atoms. The number of halogens is 2. The van der Waals surface area contributed by atoms with Crippen molar-refractivity contribution in [3.05, 3.63) is 47.9 Å². The van der Waals surface area contributed by atoms with Crippen molar-refractivity contribution in [2.75, 3.05) is 12.4 Å². The van der Waals surface area contributed by atoms with E-state index in [0.29, 0.717) is 5.65 Å². The SMILES string of the molecule is COC1=CC(C)C(c2cccc3nc(NC(=O)C4CC4(F)F)nn23)C=C1. The van der Waals surface area contributed by atoms with Crippen molar-refractivity contribution >= 4 is 17.5 Å². The quantitative estimate of drug-likeness (QED) is 0.910. The maximum Gasteiger partial charge on any atom is 0.260 e. The Bertz CT molecular complexity index is 934. The normalized spacial score (nSPS) is 26.5. The molecule has 2 aromatic heterocycles. The van der Waals surface area contributed by atoms with Gasteiger partial charge in [-0.05, 0) is 30.2 Å². The van der Waals surface area contributed by atoms with Gasteiger partial charge in [0.2, 0.25) is 11.9 Å². The number of pyridine rings is 1. The van der Waals surface area contributed by atoms with Crippen molar-refractivity contribution < 1.29 is 18.3 Å². The number of aromatic nitrogens is 3. The summed E-state index contributed by atoms with van der Waals surface area (Å²) in [6, 6.07) is 5.54. The summed E-state index contributed by atoms with van der Waals surface area (Å²) < 4.78 is 33.0. The predicted octanol–water partition coefficient (Wildman–Crippen LogP) is 3.14. The third kappa shape index (κ3) is 2.85. The van der Waals surface area contributed by atoms with Crippen LogP contribution >= 0.6 is 0 Å². The van der Waals surface area contributed by atoms with E-state index in [1.165, 1.54) is 0 Å². The molecule has 2 heterocycles. The largest absolute Gasteiger partial charge is 0.497 e. The summed E-state index contributed by atoms with van der Waals surface area (Å²) in [5.74, 6) is -3.88. The van der Waals surface area contributed by atoms with Gasteiger partial charge in [0.25, 0.3) is 5.92 Å². The third-order valence-corrected chi connectivity index (χ3v) is 4.81. The van der Waals surface area contributed by atoms with Crippen LogP contribution in [0.1, 0.15) is 25.0 Å². The molecule has 0 aliphatic heterocycles. The molecule has 1 saturated carbocycles. The van der Waals surface area contributed by atoms with Crippen LogP contribution in [-0.4, -0.2) is 33.5 Å². The third-order valence-electron chi connectivity index (χ3n) is 4.81. The maximum atomic E-state index is 13.0. The Morgan fingerprint density at radius 2 is 2.19 bits per heavy atom. The van der Waals surface area contributed by atoms with Crippen LogP contribution in [0.25, 0.3) is 5.65 Å². The number of anilines is 1. The molecule has 0 radical (unpaired) electrons. The van der Waals surface area contributed by atoms with Crippen molar-refractivity contribution in [2.24, 2.45) is 11.8 Å². The van der Waals surface area contributed by atoms with Gasteiger partial charge < -0.3 is 4.74 Å². The van der Waals surface area contributed by atoms with Crippen LogP contribution in [0, 0.1) is 11.8 Å². The van der Waals surface area contributed by atoms with Crippen LogP contribution in [0.15, 0.2) is 42.2 Å². The average Bonchev–Trinajstić information content (AvgIpc) is 3.06. The Morgan fingerprint density at radius 3 is 2.85 bits per heavy atom. The summed E-state index contributed by atoms with van der Waals surface area (Å²) >= 11 is 0. The molecular formula is C18H18F2N4O2. The molecule has 2 aliphatic rings. The molecular weight excluding hydrogens is 342 g/mol. The topological polar surface area (TPSA) is 68.5 Å². The van der Waals surface area contributed by atoms with E-state index in [1.54, 1.807) is 17.7 Å². The van der Waals surface area contributed by atoms with Crippen LogP contribution in [0.2, 0.25) is 0 Å². The number of nitrogens with zero attached hydrogens (tertiary/aromatic N) is 3. The molecule has 2 aliphatic carbocycles. The van der Waals surface area contributed by atoms with Crippen LogP contribution in [0.4, 0.5) is 14.7 Å². The monoisotopic (exact) mass is 360 g/mol. The van der Waals surface area contributed by atoms with Crippen molar-refractivity contribution in [1.82, 2.24) is 14.6 Å². The Hall–Kier alpha value is -2.77. The predicted molar refractivity (Wildman–Crippen MR) is 90.8 cm³/mol. The number of allylic oxidation sites excluding steroid dienone is 3. The van der Waals surface area contributed by atoms with Gasteiger partial charge >= 0.3 is 0 Å². The molecule has 3 atom stereocenters. The van der Waals surface area contributed by atoms with E-state index in [2.05, 4.69) is 22.3 Å². The standard InChI is InChI=1S/C18H18F2N4O2/c1-10-8-11(26-2)6-7-12(10)14-4-3-5-15-21-17(23-24(14)15)22-16(25)13-9-18(13,19)20/h3-8,10,12-13H,9H2,1-2H3,(H,22,23,25). The number of ether oxygens (including phenoxy) is 1. The first-order valence-corrected chi connectivity index (χ1v) is 8.37. The van der Waals surface area contributed by atoms with E-state index >= 15 is 0 Å². The second-order valence-electron chi connectivity index (χ2n) is 6.68. The van der Waals surface area contributed by atoms with Gasteiger partial charge in [0, 0.05) is 12.3 Å². The molecule has 1 amide bonds. The minimum atomic E-state index is -2.91. The highest BCUT2D eigenvalue weighted by Gasteiger charge is 2.61. The number of hydrogen-bond acceptors (Lipinski definition) is 4. The second-order valence-corrected chi connectivity index (χ2v) is 6.68. The number of rotatable bonds is 4. The molecule has 26 heavy (non-hydrogen) atoms. The Labute approximate surface area is 148 Å². The van der Waals surface area contributed by atoms with Gasteiger partial charge in [0.1, 0.15) is 11.7 Å². The summed E-state index contributed by atoms with van der Waals surface area (Å²) in [4.78, 5) is 16.1. The van der Waals surface area contributed by atoms with Gasteiger partial charge in [-0.15, -0.1) is 5.10 Å². The first kappa shape index (κ1) is 16.7. The zero-order chi connectivity index (χ0) is 18.5. The molecule has 0 saturated heterocycles. The fourth-order valence-corrected chi connectivity index (χ4v) is 3.22. The summed E-state index contributed by atoms with van der Waals surface area (Å²) in [5.41, 5.74) is 1.44. The number of alkyl halides is 2. The van der Waals surface area contributed by atoms with Crippen molar-refractivity contribution in [2.45, 2.75) is 25.2 Å². The smallest absolute Gasteiger partial charge is 0.260 e. The molecule has 6 nitrogen and oxygen atoms in total. The lowest BCUT2D eigenvalue weighted by molar-refractivity contribution is -0.119. The fraction of sp³-hybridized carbons (Fsp3) is 0.389. The molecule has 8 heteroatoms. The Kier molecular flexibility index (Phi) is 3.78. The van der Waals surface area contributed by atoms with Crippen LogP contribution < -0.4 is 5.32 Å². The number of nitrogens with one attached hydrogen (secondary N) is 1. The number of hydrogen-bond donors (Lipinski definition) is 1. The molecule has 2 aromatic rings. The van der Waals surface area contributed by atoms with Crippen molar-refractivity contribution in [3.63, 3.8) is 0 Å². The molecule has 136 valence electrons. The number of methoxy groups -OCH3 is 1. The van der Waals surface area contributed by atoms with Gasteiger partial charge in [-0.2, -0.15) is 4.98 Å². The summed E-state index contributed by atoms with van der Waals surface area (Å²) in [6.07, 6.45) is 5.54. The van der Waals surface area contributed by atoms with Gasteiger partial charge in [-0.1, -0.05) is 19.1 Å². The average molecular weight is 360 g/mol. The van der Waals surface area contributed by atoms with E-state index in [-0.39, 0.29) is 17.8 Å². The number of carbonyl (C=O) groups excluding carboxylic acids is 1. The van der Waals surface area contributed by atoms with E-state index < -0.39 is 24.2 Å². The second kappa shape index (κ2) is 5.89. The van der Waals surface area contributed by atoms with Gasteiger partial charge in [-0.25, -0.2) is 13.3 Å². The molecule has 1 fully saturated rings. The molecule has 1 N–H and O–H groups in total. The highest BCUT2D eigenvalue weighted by Crippen LogP contribution is 2.49. The highest BCUT2D eigenvalue weighted by atomic mass is 19.3. The zero-order valence-corrected chi connectivity index (χ0v) is 14.3. The van der Waals surface area contributed by atoms with Crippen molar-refractivity contribution in [3.8, 4) is 0 Å². The first-order chi connectivity index (χ1) is 12.4. The minimum Gasteiger partial charge on any atom is -0.497 e. The lowest BCUT2D eigenvalue weighted by Crippen LogP contribution is -2.18. The van der Waals surface area contributed by atoms with E-state index in [9.17, 15) is 13.6 Å². The van der Waals surface area contributed by atoms with Crippen LogP contribution in [0.3, 0.4) is 0 Å². The van der Waals surface area contributed by atoms with Crippen LogP contribution in [0.5, 0.6) is 0 Å². The maximum absolute atomic E-state index is 13.0. The first-order valence-electron chi connectivity index (χ1n) is 8.37.